The van der Waals surface area contributed by atoms with Crippen LogP contribution in [0.2, 0.25) is 18.1 Å². The number of hydrogen-bond acceptors (Lipinski definition) is 4. The molecular formula is C37H42N2O3SSi. The van der Waals surface area contributed by atoms with Crippen molar-refractivity contribution >= 4 is 31.8 Å². The van der Waals surface area contributed by atoms with E-state index in [1.54, 1.807) is 11.8 Å². The maximum Gasteiger partial charge on any atom is 0.272 e. The second-order valence-corrected chi connectivity index (χ2v) is 19.3. The SMILES string of the molecule is CO[C@@]1(NC(C)=O)C(=O)N([Si](C)(C)C(C)(C)C)[C@@H]1SC(c1ccccc1)(c1ccccc1)c1ccccc1.c1cc2cc-2c1. The van der Waals surface area contributed by atoms with Gasteiger partial charge in [-0.1, -0.05) is 143 Å². The van der Waals surface area contributed by atoms with Gasteiger partial charge in [0, 0.05) is 14.0 Å². The summed E-state index contributed by atoms with van der Waals surface area (Å²) in [5.41, 5.74) is 4.65. The third-order valence-electron chi connectivity index (χ3n) is 9.18. The molecule has 3 aromatic rings. The zero-order valence-corrected chi connectivity index (χ0v) is 28.4. The highest BCUT2D eigenvalue weighted by Gasteiger charge is 2.69. The van der Waals surface area contributed by atoms with E-state index in [0.29, 0.717) is 0 Å². The molecule has 0 saturated carbocycles. The summed E-state index contributed by atoms with van der Waals surface area (Å²) in [7, 11) is -0.861. The Balaban J connectivity index is 0.000000561. The number of nitrogens with zero attached hydrogens (tertiary/aromatic N) is 1. The van der Waals surface area contributed by atoms with Crippen molar-refractivity contribution in [2.45, 2.75) is 61.7 Å². The third kappa shape index (κ3) is 5.53. The van der Waals surface area contributed by atoms with Crippen LogP contribution in [-0.2, 0) is 19.1 Å². The number of fused-ring (bicyclic) bond motifs is 1. The lowest BCUT2D eigenvalue weighted by atomic mass is 9.84. The van der Waals surface area contributed by atoms with Gasteiger partial charge in [0.1, 0.15) is 5.37 Å². The highest BCUT2D eigenvalue weighted by Crippen LogP contribution is 2.58. The Morgan fingerprint density at radius 3 is 1.52 bits per heavy atom. The summed E-state index contributed by atoms with van der Waals surface area (Å²) in [6.45, 7) is 12.5. The minimum absolute atomic E-state index is 0.105. The molecule has 1 saturated heterocycles. The van der Waals surface area contributed by atoms with Crippen molar-refractivity contribution in [3.8, 4) is 11.1 Å². The van der Waals surface area contributed by atoms with Gasteiger partial charge in [0.25, 0.3) is 5.91 Å². The molecule has 2 atom stereocenters. The molecule has 3 aliphatic rings. The van der Waals surface area contributed by atoms with Crippen LogP contribution in [0, 0.1) is 0 Å². The van der Waals surface area contributed by atoms with Crippen molar-refractivity contribution in [2.75, 3.05) is 7.11 Å². The molecule has 1 fully saturated rings. The molecule has 6 rings (SSSR count). The second kappa shape index (κ2) is 12.0. The molecule has 1 heterocycles. The number of methoxy groups -OCH3 is 1. The lowest BCUT2D eigenvalue weighted by molar-refractivity contribution is -0.185. The monoisotopic (exact) mass is 622 g/mol. The lowest BCUT2D eigenvalue weighted by Gasteiger charge is -2.63. The molecule has 1 aliphatic heterocycles. The van der Waals surface area contributed by atoms with Crippen LogP contribution in [0.1, 0.15) is 44.4 Å². The minimum Gasteiger partial charge on any atom is -0.349 e. The maximum absolute atomic E-state index is 14.1. The molecule has 7 heteroatoms. The molecule has 3 aromatic carbocycles. The summed E-state index contributed by atoms with van der Waals surface area (Å²) in [5.74, 6) is -0.479. The molecule has 2 aliphatic carbocycles. The van der Waals surface area contributed by atoms with E-state index in [1.165, 1.54) is 25.2 Å². The van der Waals surface area contributed by atoms with Gasteiger partial charge in [-0.2, -0.15) is 0 Å². The fourth-order valence-corrected chi connectivity index (χ4v) is 10.6. The number of rotatable bonds is 8. The molecule has 1 N–H and O–H groups in total. The predicted octanol–water partition coefficient (Wildman–Crippen LogP) is 8.03. The summed E-state index contributed by atoms with van der Waals surface area (Å²) >= 11 is 1.67. The molecule has 0 unspecified atom stereocenters. The van der Waals surface area contributed by atoms with E-state index in [0.717, 1.165) is 16.7 Å². The van der Waals surface area contributed by atoms with Crippen LogP contribution in [-0.4, -0.2) is 42.8 Å². The lowest BCUT2D eigenvalue weighted by Crippen LogP contribution is -2.85. The maximum atomic E-state index is 14.1. The van der Waals surface area contributed by atoms with Crippen LogP contribution in [0.15, 0.2) is 115 Å². The molecule has 2 amide bonds. The van der Waals surface area contributed by atoms with Crippen molar-refractivity contribution < 1.29 is 14.3 Å². The molecule has 228 valence electrons. The normalized spacial score (nSPS) is 18.9. The zero-order chi connectivity index (χ0) is 31.8. The van der Waals surface area contributed by atoms with E-state index in [4.69, 9.17) is 4.74 Å². The minimum atomic E-state index is -2.37. The van der Waals surface area contributed by atoms with E-state index in [2.05, 4.69) is 99.8 Å². The van der Waals surface area contributed by atoms with Gasteiger partial charge in [0.15, 0.2) is 8.24 Å². The largest absolute Gasteiger partial charge is 0.349 e. The van der Waals surface area contributed by atoms with Gasteiger partial charge >= 0.3 is 0 Å². The topological polar surface area (TPSA) is 58.6 Å². The van der Waals surface area contributed by atoms with Crippen LogP contribution < -0.4 is 5.32 Å². The first-order valence-corrected chi connectivity index (χ1v) is 18.8. The van der Waals surface area contributed by atoms with E-state index in [-0.39, 0.29) is 16.9 Å². The Morgan fingerprint density at radius 1 is 0.795 bits per heavy atom. The van der Waals surface area contributed by atoms with Crippen molar-refractivity contribution in [1.29, 1.82) is 0 Å². The number of nitrogens with one attached hydrogen (secondary N) is 1. The van der Waals surface area contributed by atoms with Gasteiger partial charge in [-0.3, -0.25) is 9.59 Å². The molecule has 0 radical (unpaired) electrons. The Kier molecular flexibility index (Phi) is 8.68. The zero-order valence-electron chi connectivity index (χ0n) is 26.6. The number of carbonyl (C=O) groups excluding carboxylic acids is 2. The Bertz CT molecular complexity index is 1510. The quantitative estimate of drug-likeness (QED) is 0.0824. The van der Waals surface area contributed by atoms with Crippen LogP contribution >= 0.6 is 11.8 Å². The molecule has 0 aromatic heterocycles. The highest BCUT2D eigenvalue weighted by atomic mass is 32.2. The number of β-lactam (4-membered cyclic amide) rings is 1. The van der Waals surface area contributed by atoms with Gasteiger partial charge in [0.05, 0.1) is 4.75 Å². The highest BCUT2D eigenvalue weighted by molar-refractivity contribution is 8.01. The fourth-order valence-electron chi connectivity index (χ4n) is 5.73. The molecule has 0 spiro atoms. The average molecular weight is 623 g/mol. The van der Waals surface area contributed by atoms with Gasteiger partial charge in [-0.05, 0) is 38.9 Å². The number of thioether (sulfide) groups is 1. The first kappa shape index (κ1) is 31.8. The van der Waals surface area contributed by atoms with Crippen LogP contribution in [0.4, 0.5) is 0 Å². The van der Waals surface area contributed by atoms with Crippen molar-refractivity contribution in [3.63, 3.8) is 0 Å². The molecular weight excluding hydrogens is 581 g/mol. The van der Waals surface area contributed by atoms with Crippen LogP contribution in [0.3, 0.4) is 0 Å². The van der Waals surface area contributed by atoms with Crippen molar-refractivity contribution in [3.05, 3.63) is 132 Å². The summed E-state index contributed by atoms with van der Waals surface area (Å²) in [6, 6.07) is 39.6. The van der Waals surface area contributed by atoms with E-state index in [9.17, 15) is 9.59 Å². The molecule has 5 nitrogen and oxygen atoms in total. The number of benzene rings is 4. The first-order chi connectivity index (χ1) is 20.9. The number of carbonyl (C=O) groups is 2. The second-order valence-electron chi connectivity index (χ2n) is 12.9. The van der Waals surface area contributed by atoms with Gasteiger partial charge in [-0.15, -0.1) is 11.8 Å². The summed E-state index contributed by atoms with van der Waals surface area (Å²) in [4.78, 5) is 26.5. The standard InChI is InChI=1S/C31H38N2O3SSi.C6H4/c1-23(34)32-31(36-5)27(35)33(38(6,7)29(2,3)4)28(31)37-30(24-17-11-8-12-18-24,25-19-13-9-14-20-25)26-21-15-10-16-22-26;1-2-5-4-6(5)3-1/h8-22,28H,1-7H3,(H,32,34);1-4H/t28-,31+;/m1./s1. The Morgan fingerprint density at radius 2 is 1.23 bits per heavy atom. The summed E-state index contributed by atoms with van der Waals surface area (Å²) in [6.07, 6.45) is 0. The smallest absolute Gasteiger partial charge is 0.272 e. The Hall–Kier alpha value is -3.65. The molecule has 0 bridgehead atoms. The van der Waals surface area contributed by atoms with E-state index >= 15 is 0 Å². The number of ether oxygens (including phenoxy) is 1. The third-order valence-corrected chi connectivity index (χ3v) is 16.5. The van der Waals surface area contributed by atoms with Crippen molar-refractivity contribution in [1.82, 2.24) is 9.88 Å². The van der Waals surface area contributed by atoms with Crippen LogP contribution in [0.5, 0.6) is 0 Å². The fraction of sp³-hybridized carbons (Fsp3) is 0.297. The first-order valence-electron chi connectivity index (χ1n) is 15.0. The van der Waals surface area contributed by atoms with Gasteiger partial charge in [-0.25, -0.2) is 0 Å². The number of amides is 2. The molecule has 44 heavy (non-hydrogen) atoms. The van der Waals surface area contributed by atoms with E-state index < -0.39 is 24.1 Å². The van der Waals surface area contributed by atoms with Crippen molar-refractivity contribution in [2.24, 2.45) is 0 Å². The predicted molar refractivity (Wildman–Crippen MR) is 184 cm³/mol. The Labute approximate surface area is 267 Å². The summed E-state index contributed by atoms with van der Waals surface area (Å²) < 4.78 is 7.34. The van der Waals surface area contributed by atoms with Gasteiger partial charge < -0.3 is 14.6 Å². The average Bonchev–Trinajstić information content (AvgIpc) is 3.62. The van der Waals surface area contributed by atoms with Gasteiger partial charge in [0.2, 0.25) is 11.6 Å². The summed E-state index contributed by atoms with van der Waals surface area (Å²) in [5, 5.41) is 2.35. The van der Waals surface area contributed by atoms with E-state index in [1.807, 2.05) is 59.2 Å². The van der Waals surface area contributed by atoms with Crippen LogP contribution in [0.25, 0.3) is 11.1 Å². The number of hydrogen-bond donors (Lipinski definition) is 1.